The molecular weight excluding hydrogens is 336 g/mol. The number of aryl methyl sites for hydroxylation is 1. The Morgan fingerprint density at radius 1 is 1.16 bits per heavy atom. The van der Waals surface area contributed by atoms with Gasteiger partial charge in [-0.3, -0.25) is 4.99 Å². The first-order chi connectivity index (χ1) is 12.1. The van der Waals surface area contributed by atoms with Crippen molar-refractivity contribution in [2.75, 3.05) is 32.4 Å². The first-order valence-corrected chi connectivity index (χ1v) is 10.7. The van der Waals surface area contributed by atoms with E-state index in [1.807, 2.05) is 18.2 Å². The third-order valence-electron chi connectivity index (χ3n) is 4.48. The van der Waals surface area contributed by atoms with Crippen LogP contribution in [0.3, 0.4) is 0 Å². The lowest BCUT2D eigenvalue weighted by atomic mass is 9.86. The number of sulfonamides is 1. The maximum atomic E-state index is 12.0. The number of nitrogens with zero attached hydrogens (tertiary/aromatic N) is 1. The molecule has 25 heavy (non-hydrogen) atoms. The van der Waals surface area contributed by atoms with Crippen molar-refractivity contribution in [3.05, 3.63) is 35.9 Å². The highest BCUT2D eigenvalue weighted by molar-refractivity contribution is 7.89. The van der Waals surface area contributed by atoms with Crippen LogP contribution in [0, 0.1) is 5.92 Å². The second kappa shape index (κ2) is 10.4. The van der Waals surface area contributed by atoms with Crippen molar-refractivity contribution in [2.24, 2.45) is 10.9 Å². The van der Waals surface area contributed by atoms with E-state index in [1.54, 1.807) is 7.05 Å². The minimum absolute atomic E-state index is 0.0600. The number of nitrogens with one attached hydrogen (secondary N) is 3. The third kappa shape index (κ3) is 7.88. The van der Waals surface area contributed by atoms with Gasteiger partial charge in [-0.1, -0.05) is 36.8 Å². The molecule has 2 rings (SSSR count). The summed E-state index contributed by atoms with van der Waals surface area (Å²) in [5.41, 5.74) is 1.32. The van der Waals surface area contributed by atoms with Gasteiger partial charge < -0.3 is 10.6 Å². The topological polar surface area (TPSA) is 82.6 Å². The van der Waals surface area contributed by atoms with Gasteiger partial charge in [-0.05, 0) is 37.2 Å². The van der Waals surface area contributed by atoms with Crippen LogP contribution in [0.1, 0.15) is 31.2 Å². The van der Waals surface area contributed by atoms with Crippen molar-refractivity contribution in [1.29, 1.82) is 0 Å². The molecule has 1 aliphatic carbocycles. The molecule has 6 nitrogen and oxygen atoms in total. The zero-order valence-electron chi connectivity index (χ0n) is 15.0. The van der Waals surface area contributed by atoms with Crippen molar-refractivity contribution in [1.82, 2.24) is 15.4 Å². The molecule has 0 atom stereocenters. The van der Waals surface area contributed by atoms with Crippen LogP contribution in [0.4, 0.5) is 0 Å². The van der Waals surface area contributed by atoms with E-state index >= 15 is 0 Å². The van der Waals surface area contributed by atoms with Gasteiger partial charge in [0.1, 0.15) is 0 Å². The molecule has 0 radical (unpaired) electrons. The van der Waals surface area contributed by atoms with Crippen LogP contribution < -0.4 is 15.4 Å². The van der Waals surface area contributed by atoms with Gasteiger partial charge in [-0.2, -0.15) is 0 Å². The standard InChI is InChI=1S/C18H30N4O2S/c1-19-18(20-12-6-11-16-7-3-2-4-8-16)21-13-14-25(23,24)22-15-17-9-5-10-17/h2-4,7-8,17,22H,5-6,9-15H2,1H3,(H2,19,20,21). The molecule has 0 aromatic heterocycles. The van der Waals surface area contributed by atoms with Crippen molar-refractivity contribution >= 4 is 16.0 Å². The van der Waals surface area contributed by atoms with E-state index < -0.39 is 10.0 Å². The number of aliphatic imine (C=N–C) groups is 1. The minimum Gasteiger partial charge on any atom is -0.356 e. The molecule has 0 spiro atoms. The normalized spacial score (nSPS) is 15.6. The summed E-state index contributed by atoms with van der Waals surface area (Å²) in [6.45, 7) is 1.72. The Morgan fingerprint density at radius 2 is 1.88 bits per heavy atom. The zero-order valence-corrected chi connectivity index (χ0v) is 15.8. The maximum absolute atomic E-state index is 12.0. The van der Waals surface area contributed by atoms with Crippen molar-refractivity contribution < 1.29 is 8.42 Å². The molecule has 1 fully saturated rings. The van der Waals surface area contributed by atoms with Crippen LogP contribution >= 0.6 is 0 Å². The largest absolute Gasteiger partial charge is 0.356 e. The molecule has 140 valence electrons. The summed E-state index contributed by atoms with van der Waals surface area (Å²) in [5, 5.41) is 6.28. The molecule has 0 aliphatic heterocycles. The predicted molar refractivity (Wildman–Crippen MR) is 103 cm³/mol. The van der Waals surface area contributed by atoms with Gasteiger partial charge in [-0.25, -0.2) is 13.1 Å². The molecular formula is C18H30N4O2S. The smallest absolute Gasteiger partial charge is 0.213 e. The van der Waals surface area contributed by atoms with Crippen molar-refractivity contribution in [3.8, 4) is 0 Å². The van der Waals surface area contributed by atoms with Gasteiger partial charge in [0.2, 0.25) is 10.0 Å². The lowest BCUT2D eigenvalue weighted by molar-refractivity contribution is 0.316. The van der Waals surface area contributed by atoms with Gasteiger partial charge in [-0.15, -0.1) is 0 Å². The molecule has 1 aliphatic rings. The Hall–Kier alpha value is -1.60. The van der Waals surface area contributed by atoms with Crippen LogP contribution in [0.2, 0.25) is 0 Å². The molecule has 0 bridgehead atoms. The Kier molecular flexibility index (Phi) is 8.21. The molecule has 1 aromatic carbocycles. The molecule has 1 aromatic rings. The average Bonchev–Trinajstić information content (AvgIpc) is 2.56. The second-order valence-corrected chi connectivity index (χ2v) is 8.41. The van der Waals surface area contributed by atoms with E-state index in [2.05, 4.69) is 32.5 Å². The Bertz CT molecular complexity index is 628. The quantitative estimate of drug-likeness (QED) is 0.333. The summed E-state index contributed by atoms with van der Waals surface area (Å²) in [6.07, 6.45) is 5.50. The lowest BCUT2D eigenvalue weighted by Crippen LogP contribution is -2.42. The number of benzene rings is 1. The molecule has 3 N–H and O–H groups in total. The van der Waals surface area contributed by atoms with Crippen LogP contribution in [0.5, 0.6) is 0 Å². The van der Waals surface area contributed by atoms with Gasteiger partial charge in [0.05, 0.1) is 5.75 Å². The Balaban J connectivity index is 1.57. The Morgan fingerprint density at radius 3 is 2.52 bits per heavy atom. The number of hydrogen-bond acceptors (Lipinski definition) is 3. The molecule has 0 amide bonds. The van der Waals surface area contributed by atoms with E-state index in [4.69, 9.17) is 0 Å². The Labute approximate surface area is 151 Å². The van der Waals surface area contributed by atoms with E-state index in [1.165, 1.54) is 12.0 Å². The van der Waals surface area contributed by atoms with E-state index in [-0.39, 0.29) is 5.75 Å². The molecule has 0 saturated heterocycles. The highest BCUT2D eigenvalue weighted by Gasteiger charge is 2.19. The summed E-state index contributed by atoms with van der Waals surface area (Å²) >= 11 is 0. The van der Waals surface area contributed by atoms with Crippen molar-refractivity contribution in [2.45, 2.75) is 32.1 Å². The highest BCUT2D eigenvalue weighted by atomic mass is 32.2. The summed E-state index contributed by atoms with van der Waals surface area (Å²) in [4.78, 5) is 4.13. The van der Waals surface area contributed by atoms with Gasteiger partial charge in [0.25, 0.3) is 0 Å². The van der Waals surface area contributed by atoms with Crippen molar-refractivity contribution in [3.63, 3.8) is 0 Å². The fraction of sp³-hybridized carbons (Fsp3) is 0.611. The molecule has 7 heteroatoms. The lowest BCUT2D eigenvalue weighted by Gasteiger charge is -2.25. The second-order valence-electron chi connectivity index (χ2n) is 6.48. The summed E-state index contributed by atoms with van der Waals surface area (Å²) in [6, 6.07) is 10.3. The van der Waals surface area contributed by atoms with E-state index in [9.17, 15) is 8.42 Å². The summed E-state index contributed by atoms with van der Waals surface area (Å²) < 4.78 is 26.6. The number of hydrogen-bond donors (Lipinski definition) is 3. The average molecular weight is 367 g/mol. The fourth-order valence-corrected chi connectivity index (χ4v) is 3.69. The van der Waals surface area contributed by atoms with Crippen LogP contribution in [-0.2, 0) is 16.4 Å². The van der Waals surface area contributed by atoms with Crippen LogP contribution in [-0.4, -0.2) is 46.8 Å². The first-order valence-electron chi connectivity index (χ1n) is 9.05. The van der Waals surface area contributed by atoms with E-state index in [0.29, 0.717) is 25.0 Å². The molecule has 0 heterocycles. The maximum Gasteiger partial charge on any atom is 0.213 e. The molecule has 0 unspecified atom stereocenters. The van der Waals surface area contributed by atoms with Gasteiger partial charge >= 0.3 is 0 Å². The summed E-state index contributed by atoms with van der Waals surface area (Å²) in [7, 11) is -1.52. The van der Waals surface area contributed by atoms with E-state index in [0.717, 1.165) is 32.2 Å². The monoisotopic (exact) mass is 366 g/mol. The summed E-state index contributed by atoms with van der Waals surface area (Å²) in [5.74, 6) is 1.23. The zero-order chi connectivity index (χ0) is 18.0. The third-order valence-corrected chi connectivity index (χ3v) is 5.83. The first kappa shape index (κ1) is 19.7. The van der Waals surface area contributed by atoms with Gasteiger partial charge in [0, 0.05) is 26.7 Å². The molecule has 1 saturated carbocycles. The predicted octanol–water partition coefficient (Wildman–Crippen LogP) is 1.50. The van der Waals surface area contributed by atoms with Crippen LogP contribution in [0.15, 0.2) is 35.3 Å². The number of guanidine groups is 1. The SMILES string of the molecule is CN=C(NCCCc1ccccc1)NCCS(=O)(=O)NCC1CCC1. The fourth-order valence-electron chi connectivity index (χ4n) is 2.68. The minimum atomic E-state index is -3.21. The number of rotatable bonds is 10. The highest BCUT2D eigenvalue weighted by Crippen LogP contribution is 2.25. The van der Waals surface area contributed by atoms with Gasteiger partial charge in [0.15, 0.2) is 5.96 Å². The van der Waals surface area contributed by atoms with Crippen LogP contribution in [0.25, 0.3) is 0 Å².